The molecule has 0 saturated heterocycles. The molecule has 0 amide bonds. The summed E-state index contributed by atoms with van der Waals surface area (Å²) in [5.74, 6) is 0. The molecular formula is C30H48Zn. The second kappa shape index (κ2) is 18.9. The Bertz CT molecular complexity index is 675. The summed E-state index contributed by atoms with van der Waals surface area (Å²) in [5, 5.41) is 2.93. The fraction of sp³-hybridized carbons (Fsp3) is 0.667. The van der Waals surface area contributed by atoms with Gasteiger partial charge in [0.25, 0.3) is 0 Å². The van der Waals surface area contributed by atoms with Gasteiger partial charge in [0.05, 0.1) is 0 Å². The van der Waals surface area contributed by atoms with Crippen molar-refractivity contribution >= 4 is 10.8 Å². The van der Waals surface area contributed by atoms with E-state index < -0.39 is 0 Å². The molecule has 0 unspecified atom stereocenters. The molecule has 0 bridgehead atoms. The summed E-state index contributed by atoms with van der Waals surface area (Å²) in [4.78, 5) is 0. The predicted octanol–water partition coefficient (Wildman–Crippen LogP) is 10.2. The normalized spacial score (nSPS) is 11.0. The largest absolute Gasteiger partial charge is 0.0654 e. The fourth-order valence-electron chi connectivity index (χ4n) is 4.80. The van der Waals surface area contributed by atoms with Crippen molar-refractivity contribution in [3.05, 3.63) is 47.5 Å². The monoisotopic (exact) mass is 472 g/mol. The summed E-state index contributed by atoms with van der Waals surface area (Å²) in [7, 11) is 0. The third kappa shape index (κ3) is 11.7. The molecule has 0 aliphatic rings. The third-order valence-corrected chi connectivity index (χ3v) is 6.72. The van der Waals surface area contributed by atoms with Crippen molar-refractivity contribution in [2.75, 3.05) is 0 Å². The van der Waals surface area contributed by atoms with Crippen LogP contribution >= 0.6 is 0 Å². The van der Waals surface area contributed by atoms with Crippen LogP contribution in [-0.4, -0.2) is 0 Å². The molecular weight excluding hydrogens is 426 g/mol. The molecule has 0 radical (unpaired) electrons. The van der Waals surface area contributed by atoms with Crippen LogP contribution in [0.3, 0.4) is 0 Å². The second-order valence-corrected chi connectivity index (χ2v) is 9.37. The smallest absolute Gasteiger partial charge is 0 e. The summed E-state index contributed by atoms with van der Waals surface area (Å²) in [6, 6.07) is 13.8. The zero-order valence-corrected chi connectivity index (χ0v) is 23.9. The maximum atomic E-state index is 2.43. The molecule has 0 nitrogen and oxygen atoms in total. The first-order valence-corrected chi connectivity index (χ1v) is 13.4. The van der Waals surface area contributed by atoms with E-state index in [1.54, 1.807) is 11.1 Å². The number of fused-ring (bicyclic) bond motifs is 1. The Kier molecular flexibility index (Phi) is 17.2. The second-order valence-electron chi connectivity index (χ2n) is 9.37. The molecule has 2 aromatic carbocycles. The van der Waals surface area contributed by atoms with E-state index in [1.165, 1.54) is 126 Å². The van der Waals surface area contributed by atoms with Gasteiger partial charge < -0.3 is 0 Å². The number of aryl methyl sites for hydroxylation is 2. The Hall–Kier alpha value is -0.677. The molecule has 0 aliphatic heterocycles. The number of unbranched alkanes of at least 4 members (excludes halogenated alkanes) is 14. The quantitative estimate of drug-likeness (QED) is 0.149. The van der Waals surface area contributed by atoms with Crippen LogP contribution in [0.1, 0.15) is 128 Å². The van der Waals surface area contributed by atoms with Crippen molar-refractivity contribution in [3.63, 3.8) is 0 Å². The van der Waals surface area contributed by atoms with Gasteiger partial charge >= 0.3 is 0 Å². The van der Waals surface area contributed by atoms with Crippen LogP contribution in [0.5, 0.6) is 0 Å². The first kappa shape index (κ1) is 28.4. The molecule has 0 fully saturated rings. The van der Waals surface area contributed by atoms with E-state index in [-0.39, 0.29) is 19.5 Å². The number of hydrogen-bond acceptors (Lipinski definition) is 0. The van der Waals surface area contributed by atoms with Gasteiger partial charge in [-0.05, 0) is 47.6 Å². The topological polar surface area (TPSA) is 0 Å². The van der Waals surface area contributed by atoms with E-state index in [2.05, 4.69) is 50.2 Å². The summed E-state index contributed by atoms with van der Waals surface area (Å²) in [6.07, 6.45) is 25.0. The van der Waals surface area contributed by atoms with Gasteiger partial charge in [-0.1, -0.05) is 140 Å². The van der Waals surface area contributed by atoms with Gasteiger partial charge in [0.15, 0.2) is 0 Å². The Labute approximate surface area is 206 Å². The van der Waals surface area contributed by atoms with E-state index in [1.807, 2.05) is 0 Å². The first-order chi connectivity index (χ1) is 14.9. The van der Waals surface area contributed by atoms with Crippen molar-refractivity contribution in [2.24, 2.45) is 0 Å². The van der Waals surface area contributed by atoms with Crippen LogP contribution in [0.25, 0.3) is 10.8 Å². The molecule has 0 saturated carbocycles. The van der Waals surface area contributed by atoms with Crippen molar-refractivity contribution in [2.45, 2.75) is 129 Å². The molecule has 0 N–H and O–H groups in total. The minimum Gasteiger partial charge on any atom is -0.0654 e. The summed E-state index contributed by atoms with van der Waals surface area (Å²) in [6.45, 7) is 4.60. The van der Waals surface area contributed by atoms with E-state index in [0.29, 0.717) is 0 Å². The molecule has 0 spiro atoms. The third-order valence-electron chi connectivity index (χ3n) is 6.72. The van der Waals surface area contributed by atoms with Gasteiger partial charge in [-0.3, -0.25) is 0 Å². The van der Waals surface area contributed by atoms with Gasteiger partial charge in [0, 0.05) is 19.5 Å². The first-order valence-electron chi connectivity index (χ1n) is 13.4. The van der Waals surface area contributed by atoms with Gasteiger partial charge in [0.2, 0.25) is 0 Å². The summed E-state index contributed by atoms with van der Waals surface area (Å²) < 4.78 is 0. The molecule has 2 rings (SSSR count). The van der Waals surface area contributed by atoms with E-state index >= 15 is 0 Å². The van der Waals surface area contributed by atoms with E-state index in [0.717, 1.165) is 0 Å². The Balaban J connectivity index is 0.00000480. The standard InChI is InChI=1S/C30H48.Zn/c1-3-5-7-9-11-13-15-17-21-27-25-26-28-22-19-20-24-30(28)29(27)23-18-16-14-12-10-8-6-4-2;/h19-20,22,24-26H,3-18,21,23H2,1-2H3;. The van der Waals surface area contributed by atoms with E-state index in [9.17, 15) is 0 Å². The predicted molar refractivity (Wildman–Crippen MR) is 137 cm³/mol. The Morgan fingerprint density at radius 1 is 0.484 bits per heavy atom. The van der Waals surface area contributed by atoms with Crippen LogP contribution in [0.2, 0.25) is 0 Å². The Morgan fingerprint density at radius 2 is 0.968 bits per heavy atom. The Morgan fingerprint density at radius 3 is 1.55 bits per heavy atom. The zero-order chi connectivity index (χ0) is 21.3. The number of benzene rings is 2. The van der Waals surface area contributed by atoms with Gasteiger partial charge in [-0.2, -0.15) is 0 Å². The summed E-state index contributed by atoms with van der Waals surface area (Å²) >= 11 is 0. The summed E-state index contributed by atoms with van der Waals surface area (Å²) in [5.41, 5.74) is 3.28. The maximum Gasteiger partial charge on any atom is 0 e. The minimum absolute atomic E-state index is 0. The van der Waals surface area contributed by atoms with Crippen LogP contribution < -0.4 is 0 Å². The molecule has 170 valence electrons. The molecule has 0 aliphatic carbocycles. The average Bonchev–Trinajstić information content (AvgIpc) is 2.78. The number of hydrogen-bond donors (Lipinski definition) is 0. The van der Waals surface area contributed by atoms with Crippen molar-refractivity contribution in [3.8, 4) is 0 Å². The average molecular weight is 474 g/mol. The zero-order valence-electron chi connectivity index (χ0n) is 20.9. The SMILES string of the molecule is CCCCCCCCCCc1ccc2ccccc2c1CCCCCCCCCC.[Zn]. The van der Waals surface area contributed by atoms with Gasteiger partial charge in [0.1, 0.15) is 0 Å². The van der Waals surface area contributed by atoms with Crippen molar-refractivity contribution in [1.29, 1.82) is 0 Å². The van der Waals surface area contributed by atoms with E-state index in [4.69, 9.17) is 0 Å². The molecule has 0 aromatic heterocycles. The van der Waals surface area contributed by atoms with Crippen LogP contribution in [-0.2, 0) is 32.3 Å². The van der Waals surface area contributed by atoms with Crippen molar-refractivity contribution in [1.82, 2.24) is 0 Å². The maximum absolute atomic E-state index is 2.43. The van der Waals surface area contributed by atoms with Crippen molar-refractivity contribution < 1.29 is 19.5 Å². The van der Waals surface area contributed by atoms with Crippen LogP contribution in [0, 0.1) is 0 Å². The van der Waals surface area contributed by atoms with Crippen LogP contribution in [0.4, 0.5) is 0 Å². The molecule has 31 heavy (non-hydrogen) atoms. The molecule has 0 heterocycles. The van der Waals surface area contributed by atoms with Gasteiger partial charge in [-0.25, -0.2) is 0 Å². The molecule has 0 atom stereocenters. The van der Waals surface area contributed by atoms with Gasteiger partial charge in [-0.15, -0.1) is 0 Å². The number of rotatable bonds is 18. The minimum atomic E-state index is 0. The van der Waals surface area contributed by atoms with Crippen LogP contribution in [0.15, 0.2) is 36.4 Å². The fourth-order valence-corrected chi connectivity index (χ4v) is 4.80. The molecule has 2 aromatic rings. The molecule has 1 heteroatoms.